The van der Waals surface area contributed by atoms with Gasteiger partial charge in [-0.15, -0.1) is 0 Å². The van der Waals surface area contributed by atoms with Crippen LogP contribution in [0.5, 0.6) is 0 Å². The monoisotopic (exact) mass is 312 g/mol. The molecule has 0 saturated carbocycles. The fraction of sp³-hybridized carbons (Fsp3) is 0.882. The Labute approximate surface area is 135 Å². The number of rotatable bonds is 6. The molecule has 1 heterocycles. The lowest BCUT2D eigenvalue weighted by Crippen LogP contribution is -2.48. The summed E-state index contributed by atoms with van der Waals surface area (Å²) in [4.78, 5) is 28.4. The van der Waals surface area contributed by atoms with Crippen molar-refractivity contribution in [3.8, 4) is 0 Å². The molecule has 0 bridgehead atoms. The second-order valence-corrected chi connectivity index (χ2v) is 7.02. The van der Waals surface area contributed by atoms with E-state index in [-0.39, 0.29) is 17.9 Å². The number of carbonyl (C=O) groups is 2. The average Bonchev–Trinajstić information content (AvgIpc) is 2.45. The van der Waals surface area contributed by atoms with E-state index in [9.17, 15) is 9.59 Å². The van der Waals surface area contributed by atoms with Crippen LogP contribution in [0.15, 0.2) is 0 Å². The molecule has 5 heteroatoms. The molecular formula is C17H32N2O3. The maximum atomic E-state index is 12.8. The molecule has 0 aromatic rings. The standard InChI is InChI=1S/C17H32N2O3/c1-6-22-17(21)18-9-7-8-15(12-18)16(20)19(10-13(2)3)11-14(4)5/h13-15H,6-12H2,1-5H3. The van der Waals surface area contributed by atoms with Crippen LogP contribution in [-0.2, 0) is 9.53 Å². The highest BCUT2D eigenvalue weighted by Gasteiger charge is 2.32. The van der Waals surface area contributed by atoms with E-state index in [0.29, 0.717) is 31.5 Å². The number of carbonyl (C=O) groups excluding carboxylic acids is 2. The van der Waals surface area contributed by atoms with Crippen LogP contribution < -0.4 is 0 Å². The van der Waals surface area contributed by atoms with E-state index in [4.69, 9.17) is 4.74 Å². The molecule has 1 atom stereocenters. The zero-order valence-electron chi connectivity index (χ0n) is 14.8. The highest BCUT2D eigenvalue weighted by atomic mass is 16.6. The van der Waals surface area contributed by atoms with E-state index in [1.165, 1.54) is 0 Å². The summed E-state index contributed by atoms with van der Waals surface area (Å²) in [6.45, 7) is 13.5. The minimum atomic E-state index is -0.292. The third-order valence-electron chi connectivity index (χ3n) is 3.78. The van der Waals surface area contributed by atoms with Crippen molar-refractivity contribution in [1.82, 2.24) is 9.80 Å². The molecule has 1 rings (SSSR count). The summed E-state index contributed by atoms with van der Waals surface area (Å²) in [5.74, 6) is 1.01. The average molecular weight is 312 g/mol. The number of likely N-dealkylation sites (tertiary alicyclic amines) is 1. The summed E-state index contributed by atoms with van der Waals surface area (Å²) in [6, 6.07) is 0. The van der Waals surface area contributed by atoms with Crippen molar-refractivity contribution in [3.05, 3.63) is 0 Å². The molecule has 0 N–H and O–H groups in total. The highest BCUT2D eigenvalue weighted by Crippen LogP contribution is 2.21. The molecule has 1 unspecified atom stereocenters. The molecule has 0 aliphatic carbocycles. The minimum Gasteiger partial charge on any atom is -0.450 e. The van der Waals surface area contributed by atoms with Crippen LogP contribution in [0.4, 0.5) is 4.79 Å². The normalized spacial score (nSPS) is 18.7. The second kappa shape index (κ2) is 9.01. The Bertz CT molecular complexity index is 359. The van der Waals surface area contributed by atoms with Crippen LogP contribution in [-0.4, -0.2) is 54.6 Å². The fourth-order valence-corrected chi connectivity index (χ4v) is 2.95. The molecule has 1 aliphatic rings. The van der Waals surface area contributed by atoms with Gasteiger partial charge >= 0.3 is 6.09 Å². The topological polar surface area (TPSA) is 49.9 Å². The molecule has 0 spiro atoms. The Balaban J connectivity index is 2.69. The quantitative estimate of drug-likeness (QED) is 0.757. The smallest absolute Gasteiger partial charge is 0.409 e. The molecule has 0 aromatic carbocycles. The summed E-state index contributed by atoms with van der Waals surface area (Å²) in [7, 11) is 0. The van der Waals surface area contributed by atoms with Crippen LogP contribution in [0, 0.1) is 17.8 Å². The predicted molar refractivity (Wildman–Crippen MR) is 87.6 cm³/mol. The van der Waals surface area contributed by atoms with Gasteiger partial charge < -0.3 is 14.5 Å². The van der Waals surface area contributed by atoms with Gasteiger partial charge in [-0.3, -0.25) is 4.79 Å². The van der Waals surface area contributed by atoms with Gasteiger partial charge in [-0.1, -0.05) is 27.7 Å². The Hall–Kier alpha value is -1.26. The maximum absolute atomic E-state index is 12.8. The number of amides is 2. The van der Waals surface area contributed by atoms with E-state index >= 15 is 0 Å². The lowest BCUT2D eigenvalue weighted by molar-refractivity contribution is -0.138. The predicted octanol–water partition coefficient (Wildman–Crippen LogP) is 3.00. The van der Waals surface area contributed by atoms with E-state index in [0.717, 1.165) is 25.9 Å². The van der Waals surface area contributed by atoms with Crippen molar-refractivity contribution < 1.29 is 14.3 Å². The third-order valence-corrected chi connectivity index (χ3v) is 3.78. The van der Waals surface area contributed by atoms with Crippen molar-refractivity contribution in [3.63, 3.8) is 0 Å². The third kappa shape index (κ3) is 5.85. The first-order valence-electron chi connectivity index (χ1n) is 8.55. The number of nitrogens with zero attached hydrogens (tertiary/aromatic N) is 2. The summed E-state index contributed by atoms with van der Waals surface area (Å²) in [6.07, 6.45) is 1.44. The van der Waals surface area contributed by atoms with Gasteiger partial charge in [0.15, 0.2) is 0 Å². The Morgan fingerprint density at radius 3 is 2.27 bits per heavy atom. The Kier molecular flexibility index (Phi) is 7.69. The van der Waals surface area contributed by atoms with Gasteiger partial charge in [0.2, 0.25) is 5.91 Å². The van der Waals surface area contributed by atoms with E-state index < -0.39 is 0 Å². The van der Waals surface area contributed by atoms with Gasteiger partial charge in [0, 0.05) is 26.2 Å². The molecule has 22 heavy (non-hydrogen) atoms. The molecule has 0 radical (unpaired) electrons. The largest absolute Gasteiger partial charge is 0.450 e. The van der Waals surface area contributed by atoms with Crippen LogP contribution >= 0.6 is 0 Å². The number of piperidine rings is 1. The van der Waals surface area contributed by atoms with Crippen LogP contribution in [0.3, 0.4) is 0 Å². The molecule has 0 aromatic heterocycles. The Morgan fingerprint density at radius 2 is 1.77 bits per heavy atom. The van der Waals surface area contributed by atoms with Gasteiger partial charge in [-0.05, 0) is 31.6 Å². The lowest BCUT2D eigenvalue weighted by atomic mass is 9.96. The van der Waals surface area contributed by atoms with Crippen molar-refractivity contribution in [2.45, 2.75) is 47.5 Å². The van der Waals surface area contributed by atoms with Crippen LogP contribution in [0.25, 0.3) is 0 Å². The zero-order chi connectivity index (χ0) is 16.7. The molecule has 5 nitrogen and oxygen atoms in total. The van der Waals surface area contributed by atoms with Crippen LogP contribution in [0.1, 0.15) is 47.5 Å². The van der Waals surface area contributed by atoms with Gasteiger partial charge in [0.1, 0.15) is 0 Å². The van der Waals surface area contributed by atoms with Crippen molar-refractivity contribution in [2.75, 3.05) is 32.8 Å². The van der Waals surface area contributed by atoms with Crippen molar-refractivity contribution in [1.29, 1.82) is 0 Å². The first kappa shape index (κ1) is 18.8. The molecule has 1 saturated heterocycles. The maximum Gasteiger partial charge on any atom is 0.409 e. The summed E-state index contributed by atoms with van der Waals surface area (Å²) in [5.41, 5.74) is 0. The minimum absolute atomic E-state index is 0.0874. The first-order chi connectivity index (χ1) is 10.3. The van der Waals surface area contributed by atoms with E-state index in [2.05, 4.69) is 27.7 Å². The number of hydrogen-bond acceptors (Lipinski definition) is 3. The number of ether oxygens (including phenoxy) is 1. The number of hydrogen-bond donors (Lipinski definition) is 0. The lowest BCUT2D eigenvalue weighted by Gasteiger charge is -2.35. The molecule has 1 fully saturated rings. The van der Waals surface area contributed by atoms with Crippen LogP contribution in [0.2, 0.25) is 0 Å². The molecule has 1 aliphatic heterocycles. The van der Waals surface area contributed by atoms with E-state index in [1.54, 1.807) is 11.8 Å². The van der Waals surface area contributed by atoms with Gasteiger partial charge in [-0.2, -0.15) is 0 Å². The van der Waals surface area contributed by atoms with Crippen molar-refractivity contribution in [2.24, 2.45) is 17.8 Å². The zero-order valence-corrected chi connectivity index (χ0v) is 14.8. The van der Waals surface area contributed by atoms with Crippen molar-refractivity contribution >= 4 is 12.0 Å². The van der Waals surface area contributed by atoms with Gasteiger partial charge in [0.25, 0.3) is 0 Å². The summed E-state index contributed by atoms with van der Waals surface area (Å²) >= 11 is 0. The molecular weight excluding hydrogens is 280 g/mol. The second-order valence-electron chi connectivity index (χ2n) is 7.02. The molecule has 128 valence electrons. The fourth-order valence-electron chi connectivity index (χ4n) is 2.95. The van der Waals surface area contributed by atoms with Gasteiger partial charge in [-0.25, -0.2) is 4.79 Å². The first-order valence-corrected chi connectivity index (χ1v) is 8.55. The summed E-state index contributed by atoms with van der Waals surface area (Å²) in [5, 5.41) is 0. The Morgan fingerprint density at radius 1 is 1.18 bits per heavy atom. The molecule has 2 amide bonds. The SMILES string of the molecule is CCOC(=O)N1CCCC(C(=O)N(CC(C)C)CC(C)C)C1. The van der Waals surface area contributed by atoms with Gasteiger partial charge in [0.05, 0.1) is 12.5 Å². The highest BCUT2D eigenvalue weighted by molar-refractivity contribution is 5.80. The van der Waals surface area contributed by atoms with E-state index in [1.807, 2.05) is 4.90 Å². The summed E-state index contributed by atoms with van der Waals surface area (Å²) < 4.78 is 5.06.